The lowest BCUT2D eigenvalue weighted by atomic mass is 10.1. The molecule has 1 heterocycles. The van der Waals surface area contributed by atoms with Crippen LogP contribution in [0.15, 0.2) is 53.2 Å². The maximum Gasteiger partial charge on any atom is 0.244 e. The number of benzene rings is 1. The Morgan fingerprint density at radius 1 is 1.17 bits per heavy atom. The van der Waals surface area contributed by atoms with Crippen molar-refractivity contribution in [1.29, 1.82) is 0 Å². The monoisotopic (exact) mass is 312 g/mol. The molecular weight excluding hydrogens is 292 g/mol. The van der Waals surface area contributed by atoms with Gasteiger partial charge < -0.3 is 15.1 Å². The van der Waals surface area contributed by atoms with Crippen LogP contribution in [0.1, 0.15) is 25.2 Å². The van der Waals surface area contributed by atoms with Crippen LogP contribution in [0.4, 0.5) is 5.69 Å². The van der Waals surface area contributed by atoms with Crippen LogP contribution in [0.2, 0.25) is 0 Å². The van der Waals surface area contributed by atoms with E-state index in [1.54, 1.807) is 24.5 Å². The van der Waals surface area contributed by atoms with Crippen LogP contribution in [0, 0.1) is 5.92 Å². The minimum atomic E-state index is -0.196. The number of nitrogens with one attached hydrogen (secondary N) is 2. The lowest BCUT2D eigenvalue weighted by Gasteiger charge is -2.08. The molecule has 0 bridgehead atoms. The molecule has 2 rings (SSSR count). The first-order chi connectivity index (χ1) is 11.0. The summed E-state index contributed by atoms with van der Waals surface area (Å²) < 4.78 is 5.11. The highest BCUT2D eigenvalue weighted by molar-refractivity contribution is 5.92. The molecule has 2 aromatic rings. The average molecular weight is 312 g/mol. The molecule has 2 amide bonds. The summed E-state index contributed by atoms with van der Waals surface area (Å²) in [4.78, 5) is 23.3. The van der Waals surface area contributed by atoms with Gasteiger partial charge in [-0.25, -0.2) is 0 Å². The second-order valence-corrected chi connectivity index (χ2v) is 5.41. The number of furan rings is 1. The Bertz CT molecular complexity index is 671. The van der Waals surface area contributed by atoms with Crippen molar-refractivity contribution in [2.24, 2.45) is 5.92 Å². The molecule has 23 heavy (non-hydrogen) atoms. The van der Waals surface area contributed by atoms with Gasteiger partial charge in [-0.3, -0.25) is 9.59 Å². The van der Waals surface area contributed by atoms with Crippen molar-refractivity contribution in [2.75, 3.05) is 5.32 Å². The van der Waals surface area contributed by atoms with Gasteiger partial charge in [0.1, 0.15) is 5.76 Å². The van der Waals surface area contributed by atoms with Crippen molar-refractivity contribution in [3.8, 4) is 0 Å². The maximum absolute atomic E-state index is 11.7. The summed E-state index contributed by atoms with van der Waals surface area (Å²) in [5.74, 6) is 0.355. The molecule has 2 N–H and O–H groups in total. The van der Waals surface area contributed by atoms with Crippen LogP contribution in [0.5, 0.6) is 0 Å². The summed E-state index contributed by atoms with van der Waals surface area (Å²) in [7, 11) is 0. The second-order valence-electron chi connectivity index (χ2n) is 5.41. The lowest BCUT2D eigenvalue weighted by molar-refractivity contribution is -0.119. The van der Waals surface area contributed by atoms with Crippen molar-refractivity contribution in [2.45, 2.75) is 20.4 Å². The Morgan fingerprint density at radius 2 is 1.91 bits per heavy atom. The van der Waals surface area contributed by atoms with Gasteiger partial charge in [0.05, 0.1) is 6.26 Å². The Kier molecular flexibility index (Phi) is 5.74. The Labute approximate surface area is 135 Å². The minimum Gasteiger partial charge on any atom is -0.465 e. The number of anilines is 1. The molecule has 0 aliphatic heterocycles. The van der Waals surface area contributed by atoms with Crippen LogP contribution in [-0.4, -0.2) is 11.8 Å². The number of carbonyl (C=O) groups excluding carboxylic acids is 2. The molecule has 0 unspecified atom stereocenters. The minimum absolute atomic E-state index is 0.0193. The van der Waals surface area contributed by atoms with Gasteiger partial charge in [-0.05, 0) is 35.9 Å². The van der Waals surface area contributed by atoms with Crippen LogP contribution in [0.25, 0.3) is 6.08 Å². The van der Waals surface area contributed by atoms with Gasteiger partial charge in [0, 0.05) is 24.2 Å². The number of hydrogen-bond donors (Lipinski definition) is 2. The predicted octanol–water partition coefficient (Wildman–Crippen LogP) is 3.20. The summed E-state index contributed by atoms with van der Waals surface area (Å²) >= 11 is 0. The Balaban J connectivity index is 1.81. The zero-order valence-electron chi connectivity index (χ0n) is 13.2. The zero-order chi connectivity index (χ0) is 16.7. The summed E-state index contributed by atoms with van der Waals surface area (Å²) in [6.07, 6.45) is 4.59. The molecule has 0 saturated carbocycles. The molecule has 1 aromatic heterocycles. The summed E-state index contributed by atoms with van der Waals surface area (Å²) in [6, 6.07) is 10.9. The van der Waals surface area contributed by atoms with Crippen molar-refractivity contribution < 1.29 is 14.0 Å². The second kappa shape index (κ2) is 7.98. The van der Waals surface area contributed by atoms with Crippen molar-refractivity contribution in [1.82, 2.24) is 5.32 Å². The van der Waals surface area contributed by atoms with E-state index in [-0.39, 0.29) is 17.7 Å². The third kappa shape index (κ3) is 5.47. The van der Waals surface area contributed by atoms with E-state index >= 15 is 0 Å². The number of hydrogen-bond acceptors (Lipinski definition) is 3. The van der Waals surface area contributed by atoms with E-state index in [1.807, 2.05) is 38.1 Å². The van der Waals surface area contributed by atoms with Crippen molar-refractivity contribution >= 4 is 23.6 Å². The molecule has 0 saturated heterocycles. The fraction of sp³-hybridized carbons (Fsp3) is 0.222. The first kappa shape index (κ1) is 16.5. The molecule has 120 valence electrons. The lowest BCUT2D eigenvalue weighted by Crippen LogP contribution is -2.20. The van der Waals surface area contributed by atoms with E-state index in [9.17, 15) is 9.59 Å². The summed E-state index contributed by atoms with van der Waals surface area (Å²) in [5, 5.41) is 5.61. The number of carbonyl (C=O) groups is 2. The fourth-order valence-corrected chi connectivity index (χ4v) is 1.78. The van der Waals surface area contributed by atoms with Gasteiger partial charge in [-0.15, -0.1) is 0 Å². The first-order valence-electron chi connectivity index (χ1n) is 7.44. The third-order valence-electron chi connectivity index (χ3n) is 3.15. The number of amides is 2. The third-order valence-corrected chi connectivity index (χ3v) is 3.15. The highest BCUT2D eigenvalue weighted by Crippen LogP contribution is 2.11. The molecule has 1 aromatic carbocycles. The van der Waals surface area contributed by atoms with Gasteiger partial charge in [-0.1, -0.05) is 26.0 Å². The Morgan fingerprint density at radius 3 is 2.52 bits per heavy atom. The van der Waals surface area contributed by atoms with E-state index in [2.05, 4.69) is 10.6 Å². The largest absolute Gasteiger partial charge is 0.465 e. The fourth-order valence-electron chi connectivity index (χ4n) is 1.78. The molecular formula is C18H20N2O3. The summed E-state index contributed by atoms with van der Waals surface area (Å²) in [5.41, 5.74) is 1.70. The van der Waals surface area contributed by atoms with E-state index < -0.39 is 0 Å². The maximum atomic E-state index is 11.7. The standard InChI is InChI=1S/C18H20N2O3/c1-13(2)18(22)20-15-7-5-14(6-8-15)12-19-17(21)10-9-16-4-3-11-23-16/h3-11,13H,12H2,1-2H3,(H,19,21)(H,20,22)/b10-9+. The van der Waals surface area contributed by atoms with Gasteiger partial charge in [0.15, 0.2) is 0 Å². The average Bonchev–Trinajstić information content (AvgIpc) is 3.05. The summed E-state index contributed by atoms with van der Waals surface area (Å²) in [6.45, 7) is 4.10. The van der Waals surface area contributed by atoms with Crippen molar-refractivity contribution in [3.63, 3.8) is 0 Å². The van der Waals surface area contributed by atoms with E-state index in [0.29, 0.717) is 12.3 Å². The molecule has 5 heteroatoms. The van der Waals surface area contributed by atoms with Gasteiger partial charge in [0.2, 0.25) is 11.8 Å². The van der Waals surface area contributed by atoms with E-state index in [0.717, 1.165) is 11.3 Å². The van der Waals surface area contributed by atoms with E-state index in [1.165, 1.54) is 6.08 Å². The van der Waals surface area contributed by atoms with Gasteiger partial charge in [-0.2, -0.15) is 0 Å². The molecule has 0 aliphatic rings. The zero-order valence-corrected chi connectivity index (χ0v) is 13.2. The molecule has 0 spiro atoms. The van der Waals surface area contributed by atoms with Crippen LogP contribution < -0.4 is 10.6 Å². The van der Waals surface area contributed by atoms with Gasteiger partial charge >= 0.3 is 0 Å². The number of rotatable bonds is 6. The molecule has 0 aliphatic carbocycles. The highest BCUT2D eigenvalue weighted by Gasteiger charge is 2.06. The van der Waals surface area contributed by atoms with Crippen LogP contribution >= 0.6 is 0 Å². The quantitative estimate of drug-likeness (QED) is 0.805. The highest BCUT2D eigenvalue weighted by atomic mass is 16.3. The van der Waals surface area contributed by atoms with E-state index in [4.69, 9.17) is 4.42 Å². The SMILES string of the molecule is CC(C)C(=O)Nc1ccc(CNC(=O)/C=C/c2ccco2)cc1. The molecule has 0 fully saturated rings. The van der Waals surface area contributed by atoms with Crippen LogP contribution in [-0.2, 0) is 16.1 Å². The smallest absolute Gasteiger partial charge is 0.244 e. The normalized spacial score (nSPS) is 10.9. The van der Waals surface area contributed by atoms with Crippen LogP contribution in [0.3, 0.4) is 0 Å². The molecule has 0 radical (unpaired) electrons. The first-order valence-corrected chi connectivity index (χ1v) is 7.44. The molecule has 5 nitrogen and oxygen atoms in total. The Hall–Kier alpha value is -2.82. The van der Waals surface area contributed by atoms with Crippen molar-refractivity contribution in [3.05, 3.63) is 60.1 Å². The van der Waals surface area contributed by atoms with Gasteiger partial charge in [0.25, 0.3) is 0 Å². The molecule has 0 atom stereocenters. The topological polar surface area (TPSA) is 71.3 Å². The predicted molar refractivity (Wildman–Crippen MR) is 89.5 cm³/mol.